The highest BCUT2D eigenvalue weighted by Crippen LogP contribution is 2.36. The van der Waals surface area contributed by atoms with E-state index in [4.69, 9.17) is 0 Å². The van der Waals surface area contributed by atoms with Crippen LogP contribution >= 0.6 is 0 Å². The normalized spacial score (nSPS) is 15.8. The lowest BCUT2D eigenvalue weighted by atomic mass is 9.97. The number of hydrogen-bond donors (Lipinski definition) is 1. The minimum atomic E-state index is -0.209. The third-order valence-electron chi connectivity index (χ3n) is 3.68. The number of nitrogens with zero attached hydrogens (tertiary/aromatic N) is 1. The SMILES string of the molecule is O=C1C(=NO)c2c3ccccc3cc3cccc1c23. The van der Waals surface area contributed by atoms with Gasteiger partial charge in [-0.25, -0.2) is 0 Å². The van der Waals surface area contributed by atoms with Crippen LogP contribution in [0.25, 0.3) is 21.5 Å². The summed E-state index contributed by atoms with van der Waals surface area (Å²) in [6.07, 6.45) is 0. The molecule has 0 heterocycles. The van der Waals surface area contributed by atoms with E-state index in [0.717, 1.165) is 27.1 Å². The van der Waals surface area contributed by atoms with Gasteiger partial charge in [-0.05, 0) is 22.2 Å². The summed E-state index contributed by atoms with van der Waals surface area (Å²) in [4.78, 5) is 12.3. The molecule has 3 aromatic rings. The van der Waals surface area contributed by atoms with Gasteiger partial charge in [0.15, 0.2) is 5.71 Å². The Kier molecular flexibility index (Phi) is 1.85. The molecule has 0 amide bonds. The summed E-state index contributed by atoms with van der Waals surface area (Å²) >= 11 is 0. The molecule has 3 aromatic carbocycles. The summed E-state index contributed by atoms with van der Waals surface area (Å²) in [6, 6.07) is 15.5. The topological polar surface area (TPSA) is 49.7 Å². The molecule has 1 aliphatic carbocycles. The number of benzene rings is 3. The number of fused-ring (bicyclic) bond motifs is 2. The molecule has 0 radical (unpaired) electrons. The monoisotopic (exact) mass is 247 g/mol. The Hall–Kier alpha value is -2.68. The van der Waals surface area contributed by atoms with Crippen LogP contribution in [0.4, 0.5) is 0 Å². The van der Waals surface area contributed by atoms with Gasteiger partial charge in [0.25, 0.3) is 0 Å². The van der Waals surface area contributed by atoms with Crippen molar-refractivity contribution in [1.29, 1.82) is 0 Å². The van der Waals surface area contributed by atoms with E-state index in [1.165, 1.54) is 0 Å². The summed E-state index contributed by atoms with van der Waals surface area (Å²) in [5.41, 5.74) is 1.50. The third-order valence-corrected chi connectivity index (χ3v) is 3.68. The van der Waals surface area contributed by atoms with Crippen LogP contribution < -0.4 is 0 Å². The molecule has 0 spiro atoms. The van der Waals surface area contributed by atoms with Crippen LogP contribution in [0, 0.1) is 0 Å². The Balaban J connectivity index is 2.36. The van der Waals surface area contributed by atoms with E-state index in [0.29, 0.717) is 5.56 Å². The smallest absolute Gasteiger partial charge is 0.216 e. The van der Waals surface area contributed by atoms with E-state index in [9.17, 15) is 10.0 Å². The first-order chi connectivity index (χ1) is 9.31. The van der Waals surface area contributed by atoms with Crippen LogP contribution in [0.5, 0.6) is 0 Å². The molecule has 0 atom stereocenters. The van der Waals surface area contributed by atoms with Gasteiger partial charge in [-0.2, -0.15) is 0 Å². The Morgan fingerprint density at radius 3 is 2.58 bits per heavy atom. The second-order valence-electron chi connectivity index (χ2n) is 4.65. The summed E-state index contributed by atoms with van der Waals surface area (Å²) in [5.74, 6) is -0.209. The quantitative estimate of drug-likeness (QED) is 0.376. The summed E-state index contributed by atoms with van der Waals surface area (Å²) in [6.45, 7) is 0. The first kappa shape index (κ1) is 10.3. The van der Waals surface area contributed by atoms with E-state index >= 15 is 0 Å². The number of oxime groups is 1. The van der Waals surface area contributed by atoms with Crippen LogP contribution in [0.3, 0.4) is 0 Å². The highest BCUT2D eigenvalue weighted by Gasteiger charge is 2.31. The van der Waals surface area contributed by atoms with Crippen LogP contribution in [-0.2, 0) is 0 Å². The largest absolute Gasteiger partial charge is 0.410 e. The van der Waals surface area contributed by atoms with Gasteiger partial charge in [-0.1, -0.05) is 47.6 Å². The minimum absolute atomic E-state index is 0.142. The molecule has 0 saturated carbocycles. The van der Waals surface area contributed by atoms with E-state index in [1.54, 1.807) is 6.07 Å². The van der Waals surface area contributed by atoms with E-state index in [-0.39, 0.29) is 11.5 Å². The Morgan fingerprint density at radius 2 is 1.74 bits per heavy atom. The lowest BCUT2D eigenvalue weighted by molar-refractivity contribution is 0.106. The zero-order chi connectivity index (χ0) is 13.0. The van der Waals surface area contributed by atoms with Crippen molar-refractivity contribution in [2.45, 2.75) is 0 Å². The summed E-state index contributed by atoms with van der Waals surface area (Å²) in [5, 5.41) is 16.3. The molecule has 19 heavy (non-hydrogen) atoms. The van der Waals surface area contributed by atoms with Gasteiger partial charge >= 0.3 is 0 Å². The number of Topliss-reactive ketones (excluding diaryl/α,β-unsaturated/α-hetero) is 1. The van der Waals surface area contributed by atoms with E-state index < -0.39 is 0 Å². The summed E-state index contributed by atoms with van der Waals surface area (Å²) < 4.78 is 0. The first-order valence-corrected chi connectivity index (χ1v) is 6.03. The molecule has 3 heteroatoms. The van der Waals surface area contributed by atoms with Gasteiger partial charge in [0.2, 0.25) is 5.78 Å². The van der Waals surface area contributed by atoms with Gasteiger partial charge in [-0.15, -0.1) is 0 Å². The molecule has 0 unspecified atom stereocenters. The minimum Gasteiger partial charge on any atom is -0.410 e. The molecule has 0 aliphatic heterocycles. The number of ketones is 1. The van der Waals surface area contributed by atoms with Crippen LogP contribution in [0.2, 0.25) is 0 Å². The summed E-state index contributed by atoms with van der Waals surface area (Å²) in [7, 11) is 0. The van der Waals surface area contributed by atoms with Crippen LogP contribution in [0.1, 0.15) is 15.9 Å². The maximum atomic E-state index is 12.3. The zero-order valence-electron chi connectivity index (χ0n) is 9.92. The van der Waals surface area contributed by atoms with Crippen molar-refractivity contribution in [1.82, 2.24) is 0 Å². The van der Waals surface area contributed by atoms with Crippen molar-refractivity contribution < 1.29 is 10.0 Å². The fraction of sp³-hybridized carbons (Fsp3) is 0. The van der Waals surface area contributed by atoms with Crippen molar-refractivity contribution >= 4 is 33.0 Å². The lowest BCUT2D eigenvalue weighted by Gasteiger charge is -2.05. The predicted molar refractivity (Wildman–Crippen MR) is 74.1 cm³/mol. The molecular formula is C16H9NO2. The molecule has 0 fully saturated rings. The third kappa shape index (κ3) is 1.16. The van der Waals surface area contributed by atoms with Gasteiger partial charge in [0, 0.05) is 16.5 Å². The maximum Gasteiger partial charge on any atom is 0.216 e. The average molecular weight is 247 g/mol. The van der Waals surface area contributed by atoms with Gasteiger partial charge in [-0.3, -0.25) is 4.79 Å². The van der Waals surface area contributed by atoms with Crippen molar-refractivity contribution in [3.05, 3.63) is 59.7 Å². The molecule has 4 rings (SSSR count). The van der Waals surface area contributed by atoms with Crippen molar-refractivity contribution in [3.63, 3.8) is 0 Å². The Morgan fingerprint density at radius 1 is 0.947 bits per heavy atom. The molecule has 1 aliphatic rings. The van der Waals surface area contributed by atoms with Gasteiger partial charge in [0.1, 0.15) is 0 Å². The van der Waals surface area contributed by atoms with Gasteiger partial charge < -0.3 is 5.21 Å². The molecule has 1 N–H and O–H groups in total. The number of carbonyl (C=O) groups is 1. The standard InChI is InChI=1S/C16H9NO2/c18-16-12-7-3-5-10-8-9-4-1-2-6-11(9)14(13(10)12)15(16)17-19/h1-8,19H. The maximum absolute atomic E-state index is 12.3. The lowest BCUT2D eigenvalue weighted by Crippen LogP contribution is -2.08. The zero-order valence-corrected chi connectivity index (χ0v) is 9.92. The Bertz CT molecular complexity index is 894. The van der Waals surface area contributed by atoms with E-state index in [1.807, 2.05) is 36.4 Å². The van der Waals surface area contributed by atoms with Crippen LogP contribution in [0.15, 0.2) is 53.7 Å². The average Bonchev–Trinajstić information content (AvgIpc) is 2.74. The second kappa shape index (κ2) is 3.42. The highest BCUT2D eigenvalue weighted by atomic mass is 16.4. The van der Waals surface area contributed by atoms with E-state index in [2.05, 4.69) is 11.2 Å². The fourth-order valence-corrected chi connectivity index (χ4v) is 2.89. The first-order valence-electron chi connectivity index (χ1n) is 6.03. The number of hydrogen-bond acceptors (Lipinski definition) is 3. The second-order valence-corrected chi connectivity index (χ2v) is 4.65. The van der Waals surface area contributed by atoms with Crippen molar-refractivity contribution in [3.8, 4) is 0 Å². The molecule has 0 aromatic heterocycles. The fourth-order valence-electron chi connectivity index (χ4n) is 2.89. The molecule has 90 valence electrons. The predicted octanol–water partition coefficient (Wildman–Crippen LogP) is 3.37. The van der Waals surface area contributed by atoms with Crippen LogP contribution in [-0.4, -0.2) is 16.7 Å². The molecule has 0 bridgehead atoms. The number of rotatable bonds is 0. The molecule has 3 nitrogen and oxygen atoms in total. The Labute approximate surface area is 108 Å². The van der Waals surface area contributed by atoms with Crippen molar-refractivity contribution in [2.24, 2.45) is 5.16 Å². The highest BCUT2D eigenvalue weighted by molar-refractivity contribution is 6.60. The van der Waals surface area contributed by atoms with Crippen molar-refractivity contribution in [2.75, 3.05) is 0 Å². The molecule has 0 saturated heterocycles. The molecular weight excluding hydrogens is 238 g/mol. The van der Waals surface area contributed by atoms with Gasteiger partial charge in [0.05, 0.1) is 0 Å². The number of carbonyl (C=O) groups excluding carboxylic acids is 1.